The van der Waals surface area contributed by atoms with Crippen molar-refractivity contribution in [2.75, 3.05) is 18.6 Å². The van der Waals surface area contributed by atoms with E-state index < -0.39 is 6.04 Å². The van der Waals surface area contributed by atoms with Crippen LogP contribution in [0.1, 0.15) is 41.6 Å². The molecule has 0 bridgehead atoms. The second-order valence-corrected chi connectivity index (χ2v) is 9.76. The van der Waals surface area contributed by atoms with E-state index in [9.17, 15) is 9.59 Å². The Kier molecular flexibility index (Phi) is 6.11. The van der Waals surface area contributed by atoms with Gasteiger partial charge in [0.1, 0.15) is 5.58 Å². The number of benzene rings is 3. The predicted molar refractivity (Wildman–Crippen MR) is 139 cm³/mol. The first-order valence-corrected chi connectivity index (χ1v) is 12.1. The zero-order chi connectivity index (χ0) is 24.7. The smallest absolute Gasteiger partial charge is 0.295 e. The fourth-order valence-corrected chi connectivity index (χ4v) is 4.60. The summed E-state index contributed by atoms with van der Waals surface area (Å²) in [6, 6.07) is 19.2. The summed E-state index contributed by atoms with van der Waals surface area (Å²) in [6.45, 7) is 4.68. The highest BCUT2D eigenvalue weighted by Crippen LogP contribution is 2.43. The van der Waals surface area contributed by atoms with Crippen molar-refractivity contribution in [1.29, 1.82) is 0 Å². The molecule has 7 heteroatoms. The topological polar surface area (TPSA) is 69.0 Å². The van der Waals surface area contributed by atoms with Gasteiger partial charge in [0, 0.05) is 10.2 Å². The summed E-state index contributed by atoms with van der Waals surface area (Å²) >= 11 is 3.45. The van der Waals surface area contributed by atoms with Gasteiger partial charge in [-0.15, -0.1) is 0 Å². The first-order valence-electron chi connectivity index (χ1n) is 11.3. The predicted octanol–water partition coefficient (Wildman–Crippen LogP) is 6.35. The van der Waals surface area contributed by atoms with Gasteiger partial charge in [-0.1, -0.05) is 48.0 Å². The number of amides is 1. The van der Waals surface area contributed by atoms with Gasteiger partial charge in [-0.2, -0.15) is 0 Å². The number of rotatable bonds is 6. The molecule has 1 aromatic heterocycles. The largest absolute Gasteiger partial charge is 0.493 e. The van der Waals surface area contributed by atoms with Crippen molar-refractivity contribution in [1.82, 2.24) is 0 Å². The highest BCUT2D eigenvalue weighted by atomic mass is 79.9. The van der Waals surface area contributed by atoms with Gasteiger partial charge in [-0.25, -0.2) is 0 Å². The Labute approximate surface area is 211 Å². The number of hydrogen-bond acceptors (Lipinski definition) is 5. The lowest BCUT2D eigenvalue weighted by Gasteiger charge is -2.26. The molecule has 3 aromatic carbocycles. The number of ether oxygens (including phenoxy) is 2. The number of carbonyl (C=O) groups excluding carboxylic acids is 1. The van der Waals surface area contributed by atoms with Crippen molar-refractivity contribution in [3.05, 3.63) is 98.3 Å². The van der Waals surface area contributed by atoms with E-state index in [1.165, 1.54) is 0 Å². The second kappa shape index (κ2) is 9.23. The van der Waals surface area contributed by atoms with Crippen LogP contribution in [-0.4, -0.2) is 19.6 Å². The van der Waals surface area contributed by atoms with E-state index >= 15 is 0 Å². The summed E-state index contributed by atoms with van der Waals surface area (Å²) in [6.07, 6.45) is 0. The minimum absolute atomic E-state index is 0.0562. The van der Waals surface area contributed by atoms with Gasteiger partial charge >= 0.3 is 0 Å². The van der Waals surface area contributed by atoms with Gasteiger partial charge in [0.15, 0.2) is 16.9 Å². The Hall–Kier alpha value is -3.58. The highest BCUT2D eigenvalue weighted by molar-refractivity contribution is 9.10. The molecule has 0 radical (unpaired) electrons. The fourth-order valence-electron chi connectivity index (χ4n) is 4.33. The lowest BCUT2D eigenvalue weighted by atomic mass is 9.97. The van der Waals surface area contributed by atoms with Crippen LogP contribution in [0.15, 0.2) is 80.4 Å². The maximum absolute atomic E-state index is 13.7. The van der Waals surface area contributed by atoms with Crippen molar-refractivity contribution >= 4 is 38.5 Å². The first kappa shape index (κ1) is 23.2. The monoisotopic (exact) mass is 533 g/mol. The maximum atomic E-state index is 13.7. The molecule has 5 rings (SSSR count). The molecule has 1 aliphatic heterocycles. The summed E-state index contributed by atoms with van der Waals surface area (Å²) in [5.41, 5.74) is 1.85. The van der Waals surface area contributed by atoms with Crippen molar-refractivity contribution < 1.29 is 18.7 Å². The Bertz CT molecular complexity index is 1480. The molecule has 0 aliphatic carbocycles. The number of para-hydroxylation sites is 1. The average Bonchev–Trinajstić information content (AvgIpc) is 3.15. The number of hydrogen-bond donors (Lipinski definition) is 0. The van der Waals surface area contributed by atoms with Gasteiger partial charge in [-0.3, -0.25) is 14.5 Å². The minimum Gasteiger partial charge on any atom is -0.493 e. The van der Waals surface area contributed by atoms with Crippen LogP contribution < -0.4 is 19.8 Å². The molecule has 0 saturated heterocycles. The lowest BCUT2D eigenvalue weighted by molar-refractivity contribution is 0.0971. The highest BCUT2D eigenvalue weighted by Gasteiger charge is 2.43. The molecule has 0 fully saturated rings. The van der Waals surface area contributed by atoms with E-state index in [1.807, 2.05) is 42.5 Å². The van der Waals surface area contributed by atoms with Crippen LogP contribution in [0.4, 0.5) is 5.69 Å². The Balaban J connectivity index is 1.71. The van der Waals surface area contributed by atoms with E-state index in [0.29, 0.717) is 46.2 Å². The normalized spacial score (nSPS) is 15.1. The Morgan fingerprint density at radius 1 is 1.00 bits per heavy atom. The molecular formula is C28H24BrNO5. The summed E-state index contributed by atoms with van der Waals surface area (Å²) in [5, 5.41) is 0.436. The second-order valence-electron chi connectivity index (χ2n) is 8.84. The number of halogens is 1. The number of anilines is 1. The van der Waals surface area contributed by atoms with Crippen LogP contribution in [0.3, 0.4) is 0 Å². The summed E-state index contributed by atoms with van der Waals surface area (Å²) in [4.78, 5) is 29.0. The molecule has 6 nitrogen and oxygen atoms in total. The van der Waals surface area contributed by atoms with Gasteiger partial charge in [-0.05, 0) is 60.0 Å². The standard InChI is InChI=1S/C28H24BrNO5/c1-16(2)15-34-22-13-8-17(14-23(22)33-3)25-24-26(31)20-6-4-5-7-21(20)35-27(24)28(32)30(25)19-11-9-18(29)10-12-19/h4-14,16,25H,15H2,1-3H3. The van der Waals surface area contributed by atoms with Gasteiger partial charge in [0.2, 0.25) is 5.76 Å². The molecule has 2 heterocycles. The van der Waals surface area contributed by atoms with E-state index in [2.05, 4.69) is 29.8 Å². The van der Waals surface area contributed by atoms with E-state index in [1.54, 1.807) is 36.3 Å². The van der Waals surface area contributed by atoms with Crippen LogP contribution >= 0.6 is 15.9 Å². The lowest BCUT2D eigenvalue weighted by Crippen LogP contribution is -2.29. The molecule has 1 amide bonds. The molecular weight excluding hydrogens is 510 g/mol. The molecule has 4 aromatic rings. The summed E-state index contributed by atoms with van der Waals surface area (Å²) < 4.78 is 18.4. The van der Waals surface area contributed by atoms with E-state index in [-0.39, 0.29) is 17.1 Å². The van der Waals surface area contributed by atoms with Gasteiger partial charge < -0.3 is 13.9 Å². The molecule has 0 spiro atoms. The van der Waals surface area contributed by atoms with Crippen molar-refractivity contribution in [2.45, 2.75) is 19.9 Å². The molecule has 1 aliphatic rings. The third-order valence-corrected chi connectivity index (χ3v) is 6.49. The van der Waals surface area contributed by atoms with Crippen LogP contribution in [0.2, 0.25) is 0 Å². The van der Waals surface area contributed by atoms with E-state index in [0.717, 1.165) is 10.0 Å². The van der Waals surface area contributed by atoms with Gasteiger partial charge in [0.05, 0.1) is 30.7 Å². The van der Waals surface area contributed by atoms with Crippen molar-refractivity contribution in [2.24, 2.45) is 5.92 Å². The van der Waals surface area contributed by atoms with Crippen molar-refractivity contribution in [3.63, 3.8) is 0 Å². The average molecular weight is 534 g/mol. The van der Waals surface area contributed by atoms with Gasteiger partial charge in [0.25, 0.3) is 5.91 Å². The molecule has 0 saturated carbocycles. The number of carbonyl (C=O) groups is 1. The Morgan fingerprint density at radius 3 is 2.46 bits per heavy atom. The van der Waals surface area contributed by atoms with Crippen LogP contribution in [0.25, 0.3) is 11.0 Å². The number of fused-ring (bicyclic) bond motifs is 2. The molecule has 1 atom stereocenters. The van der Waals surface area contributed by atoms with Crippen molar-refractivity contribution in [3.8, 4) is 11.5 Å². The number of methoxy groups -OCH3 is 1. The molecule has 0 N–H and O–H groups in total. The quantitative estimate of drug-likeness (QED) is 0.289. The SMILES string of the molecule is COc1cc(C2c3c(oc4ccccc4c3=O)C(=O)N2c2ccc(Br)cc2)ccc1OCC(C)C. The zero-order valence-corrected chi connectivity index (χ0v) is 21.2. The number of nitrogens with zero attached hydrogens (tertiary/aromatic N) is 1. The minimum atomic E-state index is -0.687. The van der Waals surface area contributed by atoms with Crippen LogP contribution in [0, 0.1) is 5.92 Å². The summed E-state index contributed by atoms with van der Waals surface area (Å²) in [5.74, 6) is 1.18. The van der Waals surface area contributed by atoms with Crippen LogP contribution in [-0.2, 0) is 0 Å². The molecule has 35 heavy (non-hydrogen) atoms. The van der Waals surface area contributed by atoms with E-state index in [4.69, 9.17) is 13.9 Å². The molecule has 178 valence electrons. The fraction of sp³-hybridized carbons (Fsp3) is 0.214. The van der Waals surface area contributed by atoms with Crippen LogP contribution in [0.5, 0.6) is 11.5 Å². The Morgan fingerprint density at radius 2 is 1.74 bits per heavy atom. The third kappa shape index (κ3) is 4.10. The third-order valence-electron chi connectivity index (χ3n) is 5.96. The first-order chi connectivity index (χ1) is 16.9. The zero-order valence-electron chi connectivity index (χ0n) is 19.6. The molecule has 1 unspecified atom stereocenters. The maximum Gasteiger partial charge on any atom is 0.295 e. The summed E-state index contributed by atoms with van der Waals surface area (Å²) in [7, 11) is 1.57.